The molecule has 1 aromatic heterocycles. The number of halogens is 1. The van der Waals surface area contributed by atoms with Gasteiger partial charge < -0.3 is 4.74 Å². The maximum Gasteiger partial charge on any atom is 0.247 e. The van der Waals surface area contributed by atoms with Crippen LogP contribution in [-0.2, 0) is 21.8 Å². The zero-order valence-electron chi connectivity index (χ0n) is 10.3. The zero-order chi connectivity index (χ0) is 13.3. The Morgan fingerprint density at radius 2 is 2.28 bits per heavy atom. The Labute approximate surface area is 115 Å². The van der Waals surface area contributed by atoms with Gasteiger partial charge in [-0.3, -0.25) is 4.68 Å². The standard InChI is InChI=1S/C10H16BrN3O3S/c1-13-10(11)9(6-12-13)18(15,16)14-5-3-4-8(7-14)17-2/h6,8H,3-5,7H2,1-2H3/t8-/m1/s1. The quantitative estimate of drug-likeness (QED) is 0.824. The van der Waals surface area contributed by atoms with Gasteiger partial charge in [0, 0.05) is 27.2 Å². The van der Waals surface area contributed by atoms with Crippen LogP contribution in [0.2, 0.25) is 0 Å². The van der Waals surface area contributed by atoms with Crippen LogP contribution in [0.15, 0.2) is 15.7 Å². The Kier molecular flexibility index (Phi) is 4.10. The first-order chi connectivity index (χ1) is 8.46. The Morgan fingerprint density at radius 1 is 1.56 bits per heavy atom. The highest BCUT2D eigenvalue weighted by Gasteiger charge is 2.32. The minimum Gasteiger partial charge on any atom is -0.380 e. The normalized spacial score (nSPS) is 22.3. The second-order valence-electron chi connectivity index (χ2n) is 4.29. The van der Waals surface area contributed by atoms with Gasteiger partial charge >= 0.3 is 0 Å². The first kappa shape index (κ1) is 14.0. The van der Waals surface area contributed by atoms with Crippen molar-refractivity contribution in [3.05, 3.63) is 10.8 Å². The van der Waals surface area contributed by atoms with E-state index < -0.39 is 10.0 Å². The summed E-state index contributed by atoms with van der Waals surface area (Å²) in [4.78, 5) is 0.210. The third kappa shape index (κ3) is 2.47. The molecule has 1 atom stereocenters. The van der Waals surface area contributed by atoms with Crippen molar-refractivity contribution in [2.45, 2.75) is 23.8 Å². The number of nitrogens with zero attached hydrogens (tertiary/aromatic N) is 3. The van der Waals surface area contributed by atoms with Crippen LogP contribution < -0.4 is 0 Å². The van der Waals surface area contributed by atoms with Crippen molar-refractivity contribution in [3.63, 3.8) is 0 Å². The summed E-state index contributed by atoms with van der Waals surface area (Å²) in [6, 6.07) is 0. The lowest BCUT2D eigenvalue weighted by molar-refractivity contribution is 0.0571. The van der Waals surface area contributed by atoms with Gasteiger partial charge in [-0.1, -0.05) is 0 Å². The molecule has 6 nitrogen and oxygen atoms in total. The molecule has 2 heterocycles. The lowest BCUT2D eigenvalue weighted by Gasteiger charge is -2.30. The van der Waals surface area contributed by atoms with Crippen LogP contribution in [0.1, 0.15) is 12.8 Å². The molecule has 1 aliphatic heterocycles. The molecular weight excluding hydrogens is 322 g/mol. The van der Waals surface area contributed by atoms with Crippen molar-refractivity contribution in [2.75, 3.05) is 20.2 Å². The predicted octanol–water partition coefficient (Wildman–Crippen LogP) is 0.982. The SMILES string of the molecule is CO[C@@H]1CCCN(S(=O)(=O)c2cnn(C)c2Br)C1. The van der Waals surface area contributed by atoms with Crippen molar-refractivity contribution in [1.82, 2.24) is 14.1 Å². The average molecular weight is 338 g/mol. The van der Waals surface area contributed by atoms with Crippen molar-refractivity contribution < 1.29 is 13.2 Å². The summed E-state index contributed by atoms with van der Waals surface area (Å²) < 4.78 is 33.6. The minimum absolute atomic E-state index is 0.0241. The van der Waals surface area contributed by atoms with E-state index in [2.05, 4.69) is 21.0 Å². The fraction of sp³-hybridized carbons (Fsp3) is 0.700. The smallest absolute Gasteiger partial charge is 0.247 e. The number of sulfonamides is 1. The maximum absolute atomic E-state index is 12.5. The monoisotopic (exact) mass is 337 g/mol. The van der Waals surface area contributed by atoms with Gasteiger partial charge in [0.15, 0.2) is 0 Å². The van der Waals surface area contributed by atoms with Gasteiger partial charge in [0.1, 0.15) is 9.50 Å². The molecule has 0 N–H and O–H groups in total. The Bertz CT molecular complexity index is 528. The van der Waals surface area contributed by atoms with Crippen LogP contribution in [0.4, 0.5) is 0 Å². The van der Waals surface area contributed by atoms with Crippen LogP contribution in [0.25, 0.3) is 0 Å². The molecule has 18 heavy (non-hydrogen) atoms. The summed E-state index contributed by atoms with van der Waals surface area (Å²) >= 11 is 3.25. The van der Waals surface area contributed by atoms with Crippen molar-refractivity contribution in [2.24, 2.45) is 7.05 Å². The average Bonchev–Trinajstić information content (AvgIpc) is 2.70. The van der Waals surface area contributed by atoms with E-state index in [-0.39, 0.29) is 11.0 Å². The molecule has 0 amide bonds. The lowest BCUT2D eigenvalue weighted by atomic mass is 10.1. The number of piperidine rings is 1. The molecule has 102 valence electrons. The molecule has 0 saturated carbocycles. The van der Waals surface area contributed by atoms with Crippen molar-refractivity contribution in [3.8, 4) is 0 Å². The number of hydrogen-bond acceptors (Lipinski definition) is 4. The van der Waals surface area contributed by atoms with Gasteiger partial charge in [0.25, 0.3) is 0 Å². The lowest BCUT2D eigenvalue weighted by Crippen LogP contribution is -2.42. The number of hydrogen-bond donors (Lipinski definition) is 0. The molecule has 1 fully saturated rings. The van der Waals surface area contributed by atoms with E-state index in [1.54, 1.807) is 14.2 Å². The molecule has 1 aliphatic rings. The summed E-state index contributed by atoms with van der Waals surface area (Å²) in [5, 5.41) is 3.95. The van der Waals surface area contributed by atoms with E-state index >= 15 is 0 Å². The highest BCUT2D eigenvalue weighted by atomic mass is 79.9. The minimum atomic E-state index is -3.49. The molecule has 0 unspecified atom stereocenters. The van der Waals surface area contributed by atoms with E-state index in [9.17, 15) is 8.42 Å². The van der Waals surface area contributed by atoms with Gasteiger partial charge in [0.2, 0.25) is 10.0 Å². The first-order valence-corrected chi connectivity index (χ1v) is 7.90. The highest BCUT2D eigenvalue weighted by molar-refractivity contribution is 9.10. The van der Waals surface area contributed by atoms with Crippen LogP contribution in [0, 0.1) is 0 Å². The molecule has 1 aromatic rings. The third-order valence-electron chi connectivity index (χ3n) is 3.13. The Morgan fingerprint density at radius 3 is 2.83 bits per heavy atom. The van der Waals surface area contributed by atoms with Gasteiger partial charge in [0.05, 0.1) is 12.3 Å². The van der Waals surface area contributed by atoms with Crippen molar-refractivity contribution >= 4 is 26.0 Å². The Hall–Kier alpha value is -0.440. The van der Waals surface area contributed by atoms with Crippen LogP contribution in [-0.4, -0.2) is 48.8 Å². The largest absolute Gasteiger partial charge is 0.380 e. The number of ether oxygens (including phenoxy) is 1. The van der Waals surface area contributed by atoms with Crippen LogP contribution in [0.3, 0.4) is 0 Å². The second-order valence-corrected chi connectivity index (χ2v) is 6.94. The molecule has 0 spiro atoms. The third-order valence-corrected chi connectivity index (χ3v) is 6.20. The van der Waals surface area contributed by atoms with E-state index in [4.69, 9.17) is 4.74 Å². The van der Waals surface area contributed by atoms with Gasteiger partial charge in [-0.25, -0.2) is 8.42 Å². The molecule has 2 rings (SSSR count). The Balaban J connectivity index is 2.28. The number of methoxy groups -OCH3 is 1. The van der Waals surface area contributed by atoms with Gasteiger partial charge in [-0.15, -0.1) is 0 Å². The summed E-state index contributed by atoms with van der Waals surface area (Å²) in [5.74, 6) is 0. The molecule has 1 saturated heterocycles. The van der Waals surface area contributed by atoms with Gasteiger partial charge in [-0.2, -0.15) is 9.40 Å². The zero-order valence-corrected chi connectivity index (χ0v) is 12.7. The molecular formula is C10H16BrN3O3S. The van der Waals surface area contributed by atoms with Crippen LogP contribution in [0.5, 0.6) is 0 Å². The summed E-state index contributed by atoms with van der Waals surface area (Å²) in [5.41, 5.74) is 0. The van der Waals surface area contributed by atoms with E-state index in [0.717, 1.165) is 12.8 Å². The number of aromatic nitrogens is 2. The highest BCUT2D eigenvalue weighted by Crippen LogP contribution is 2.26. The molecule has 0 bridgehead atoms. The summed E-state index contributed by atoms with van der Waals surface area (Å²) in [6.07, 6.45) is 3.06. The first-order valence-electron chi connectivity index (χ1n) is 5.67. The summed E-state index contributed by atoms with van der Waals surface area (Å²) in [7, 11) is -0.188. The molecule has 0 aliphatic carbocycles. The van der Waals surface area contributed by atoms with E-state index in [1.807, 2.05) is 0 Å². The van der Waals surface area contributed by atoms with E-state index in [1.165, 1.54) is 15.2 Å². The summed E-state index contributed by atoms with van der Waals surface area (Å²) in [6.45, 7) is 0.934. The van der Waals surface area contributed by atoms with Gasteiger partial charge in [-0.05, 0) is 28.8 Å². The molecule has 0 radical (unpaired) electrons. The molecule has 8 heteroatoms. The van der Waals surface area contributed by atoms with Crippen LogP contribution >= 0.6 is 15.9 Å². The fourth-order valence-electron chi connectivity index (χ4n) is 2.03. The number of aryl methyl sites for hydroxylation is 1. The predicted molar refractivity (Wildman–Crippen MR) is 69.7 cm³/mol. The van der Waals surface area contributed by atoms with Crippen molar-refractivity contribution in [1.29, 1.82) is 0 Å². The molecule has 0 aromatic carbocycles. The van der Waals surface area contributed by atoms with E-state index in [0.29, 0.717) is 17.7 Å². The fourth-order valence-corrected chi connectivity index (χ4v) is 4.37. The number of rotatable bonds is 3. The topological polar surface area (TPSA) is 64.4 Å². The second kappa shape index (κ2) is 5.28. The maximum atomic E-state index is 12.5.